The summed E-state index contributed by atoms with van der Waals surface area (Å²) in [5.74, 6) is 0.997. The summed E-state index contributed by atoms with van der Waals surface area (Å²) in [6.07, 6.45) is 0. The average Bonchev–Trinajstić information content (AvgIpc) is 3.82. The molecule has 0 N–H and O–H groups in total. The van der Waals surface area contributed by atoms with Gasteiger partial charge >= 0.3 is 0 Å². The number of anilines is 6. The van der Waals surface area contributed by atoms with E-state index in [1.165, 1.54) is 21.3 Å². The Hall–Kier alpha value is -6.30. The zero-order valence-corrected chi connectivity index (χ0v) is 29.4. The van der Waals surface area contributed by atoms with Gasteiger partial charge in [-0.2, -0.15) is 0 Å². The number of fused-ring (bicyclic) bond motifs is 8. The van der Waals surface area contributed by atoms with Crippen LogP contribution in [0.3, 0.4) is 0 Å². The van der Waals surface area contributed by atoms with Crippen LogP contribution in [0.2, 0.25) is 13.1 Å². The van der Waals surface area contributed by atoms with Crippen LogP contribution in [0.1, 0.15) is 0 Å². The highest BCUT2D eigenvalue weighted by atomic mass is 28.3. The van der Waals surface area contributed by atoms with E-state index in [4.69, 9.17) is 8.83 Å². The Morgan fingerprint density at radius 2 is 1.00 bits per heavy atom. The molecule has 0 atom stereocenters. The number of hydrogen-bond donors (Lipinski definition) is 0. The minimum Gasteiger partial charge on any atom is -0.456 e. The van der Waals surface area contributed by atoms with Crippen LogP contribution in [0, 0.1) is 0 Å². The zero-order chi connectivity index (χ0) is 34.1. The maximum Gasteiger partial charge on any atom is 0.159 e. The molecule has 0 radical (unpaired) electrons. The molecule has 7 aromatic carbocycles. The highest BCUT2D eigenvalue weighted by Gasteiger charge is 2.42. The van der Waals surface area contributed by atoms with Crippen LogP contribution in [0.15, 0.2) is 179 Å². The van der Waals surface area contributed by atoms with Crippen LogP contribution in [0.4, 0.5) is 34.1 Å². The molecule has 0 saturated heterocycles. The van der Waals surface area contributed by atoms with Gasteiger partial charge in [-0.25, -0.2) is 0 Å². The maximum atomic E-state index is 6.85. The molecule has 0 amide bonds. The fraction of sp³-hybridized carbons (Fsp3) is 0.0435. The monoisotopic (exact) mass is 674 g/mol. The molecule has 0 aliphatic carbocycles. The fourth-order valence-corrected chi connectivity index (χ4v) is 11.3. The largest absolute Gasteiger partial charge is 0.456 e. The van der Waals surface area contributed by atoms with Crippen molar-refractivity contribution < 1.29 is 8.83 Å². The van der Waals surface area contributed by atoms with Crippen molar-refractivity contribution in [3.05, 3.63) is 170 Å². The van der Waals surface area contributed by atoms with E-state index in [0.29, 0.717) is 0 Å². The molecular weight excluding hydrogens is 641 g/mol. The van der Waals surface area contributed by atoms with E-state index in [0.717, 1.165) is 67.4 Å². The topological polar surface area (TPSA) is 32.8 Å². The minimum absolute atomic E-state index is 0.871. The van der Waals surface area contributed by atoms with Crippen LogP contribution in [0.5, 0.6) is 0 Å². The number of nitrogens with zero attached hydrogens (tertiary/aromatic N) is 2. The molecule has 2 aromatic heterocycles. The Labute approximate surface area is 297 Å². The maximum absolute atomic E-state index is 6.85. The van der Waals surface area contributed by atoms with E-state index >= 15 is 0 Å². The van der Waals surface area contributed by atoms with Gasteiger partial charge in [0.15, 0.2) is 5.58 Å². The number of para-hydroxylation sites is 5. The SMILES string of the molecule is C[Si]1(C)c2ccc(N(c3ccccc3)c3cccc4c3oc3ccccc34)cc2-c2oc3ccc(N(c4ccccc4)c4ccccc4)cc3c21. The Kier molecular flexibility index (Phi) is 6.60. The summed E-state index contributed by atoms with van der Waals surface area (Å²) in [7, 11) is -2.14. The highest BCUT2D eigenvalue weighted by molar-refractivity contribution is 7.05. The Bertz CT molecular complexity index is 2690. The van der Waals surface area contributed by atoms with E-state index in [2.05, 4.69) is 181 Å². The van der Waals surface area contributed by atoms with Gasteiger partial charge in [0, 0.05) is 50.2 Å². The van der Waals surface area contributed by atoms with Gasteiger partial charge in [0.25, 0.3) is 0 Å². The molecule has 0 unspecified atom stereocenters. The second-order valence-electron chi connectivity index (χ2n) is 13.8. The third-order valence-corrected chi connectivity index (χ3v) is 13.9. The van der Waals surface area contributed by atoms with Crippen molar-refractivity contribution in [1.82, 2.24) is 0 Å². The normalized spacial score (nSPS) is 13.1. The fourth-order valence-electron chi connectivity index (χ4n) is 8.09. The predicted octanol–water partition coefficient (Wildman–Crippen LogP) is 12.1. The lowest BCUT2D eigenvalue weighted by atomic mass is 10.1. The van der Waals surface area contributed by atoms with Crippen LogP contribution in [-0.4, -0.2) is 8.07 Å². The first-order valence-corrected chi connectivity index (χ1v) is 20.4. The second-order valence-corrected chi connectivity index (χ2v) is 18.1. The van der Waals surface area contributed by atoms with Crippen molar-refractivity contribution in [2.45, 2.75) is 13.1 Å². The molecule has 0 spiro atoms. The summed E-state index contributed by atoms with van der Waals surface area (Å²) in [6, 6.07) is 60.0. The molecule has 9 aromatic rings. The van der Waals surface area contributed by atoms with Crippen molar-refractivity contribution >= 4 is 85.5 Å². The van der Waals surface area contributed by atoms with E-state index in [1.54, 1.807) is 0 Å². The van der Waals surface area contributed by atoms with Crippen molar-refractivity contribution in [2.24, 2.45) is 0 Å². The summed E-state index contributed by atoms with van der Waals surface area (Å²) in [5.41, 5.74) is 10.3. The molecule has 0 fully saturated rings. The average molecular weight is 675 g/mol. The zero-order valence-electron chi connectivity index (χ0n) is 28.4. The first-order valence-electron chi connectivity index (χ1n) is 17.4. The van der Waals surface area contributed by atoms with Gasteiger partial charge < -0.3 is 18.6 Å². The third kappa shape index (κ3) is 4.59. The van der Waals surface area contributed by atoms with Gasteiger partial charge in [0.1, 0.15) is 25.0 Å². The van der Waals surface area contributed by atoms with Crippen LogP contribution >= 0.6 is 0 Å². The Morgan fingerprint density at radius 3 is 1.71 bits per heavy atom. The van der Waals surface area contributed by atoms with Gasteiger partial charge in [0.2, 0.25) is 0 Å². The number of rotatable bonds is 6. The Balaban J connectivity index is 1.15. The lowest BCUT2D eigenvalue weighted by Gasteiger charge is -2.27. The van der Waals surface area contributed by atoms with Crippen molar-refractivity contribution in [2.75, 3.05) is 9.80 Å². The van der Waals surface area contributed by atoms with Gasteiger partial charge in [0.05, 0.1) is 5.69 Å². The smallest absolute Gasteiger partial charge is 0.159 e. The van der Waals surface area contributed by atoms with Gasteiger partial charge in [-0.1, -0.05) is 104 Å². The number of furan rings is 2. The first-order chi connectivity index (χ1) is 25.1. The van der Waals surface area contributed by atoms with Crippen molar-refractivity contribution in [3.8, 4) is 11.3 Å². The summed E-state index contributed by atoms with van der Waals surface area (Å²) < 4.78 is 13.4. The van der Waals surface area contributed by atoms with E-state index < -0.39 is 8.07 Å². The van der Waals surface area contributed by atoms with E-state index in [9.17, 15) is 0 Å². The third-order valence-electron chi connectivity index (χ3n) is 10.4. The number of hydrogen-bond acceptors (Lipinski definition) is 4. The van der Waals surface area contributed by atoms with Gasteiger partial charge in [-0.05, 0) is 89.2 Å². The summed E-state index contributed by atoms with van der Waals surface area (Å²) >= 11 is 0. The highest BCUT2D eigenvalue weighted by Crippen LogP contribution is 2.45. The molecule has 51 heavy (non-hydrogen) atoms. The van der Waals surface area contributed by atoms with Gasteiger partial charge in [-0.3, -0.25) is 0 Å². The summed E-state index contributed by atoms with van der Waals surface area (Å²) in [5, 5.41) is 6.17. The second kappa shape index (κ2) is 11.4. The quantitative estimate of drug-likeness (QED) is 0.164. The summed E-state index contributed by atoms with van der Waals surface area (Å²) in [4.78, 5) is 4.64. The molecule has 10 rings (SSSR count). The molecule has 0 saturated carbocycles. The first kappa shape index (κ1) is 29.6. The van der Waals surface area contributed by atoms with Crippen molar-refractivity contribution in [3.63, 3.8) is 0 Å². The predicted molar refractivity (Wildman–Crippen MR) is 215 cm³/mol. The van der Waals surface area contributed by atoms with Crippen LogP contribution in [-0.2, 0) is 0 Å². The van der Waals surface area contributed by atoms with Crippen LogP contribution in [0.25, 0.3) is 44.2 Å². The molecule has 5 heteroatoms. The molecule has 3 heterocycles. The van der Waals surface area contributed by atoms with Crippen molar-refractivity contribution in [1.29, 1.82) is 0 Å². The molecular formula is C46H34N2O2Si. The number of benzene rings is 7. The molecule has 244 valence electrons. The standard InChI is InChI=1S/C46H34N2O2Si/c1-51(2)43-28-26-35(48(33-19-10-5-11-20-33)40-23-14-22-37-36-21-12-13-24-41(36)49-44(37)40)30-39(43)45-46(51)38-29-34(25-27-42(38)50-45)47(31-15-6-3-7-16-31)32-17-8-4-9-18-32/h3-30H,1-2H3. The van der Waals surface area contributed by atoms with E-state index in [-0.39, 0.29) is 0 Å². The molecule has 4 nitrogen and oxygen atoms in total. The van der Waals surface area contributed by atoms with E-state index in [1.807, 2.05) is 12.1 Å². The lowest BCUT2D eigenvalue weighted by molar-refractivity contribution is 0.635. The van der Waals surface area contributed by atoms with Gasteiger partial charge in [-0.15, -0.1) is 0 Å². The lowest BCUT2D eigenvalue weighted by Crippen LogP contribution is -2.49. The van der Waals surface area contributed by atoms with Crippen LogP contribution < -0.4 is 20.2 Å². The summed E-state index contributed by atoms with van der Waals surface area (Å²) in [6.45, 7) is 4.91. The Morgan fingerprint density at radius 1 is 0.431 bits per heavy atom. The minimum atomic E-state index is -2.14. The molecule has 0 bridgehead atoms. The molecule has 1 aliphatic heterocycles. The molecule has 1 aliphatic rings.